The number of fused-ring (bicyclic) bond motifs is 2. The molecule has 2 aromatic heterocycles. The Hall–Kier alpha value is -3.78. The van der Waals surface area contributed by atoms with E-state index in [9.17, 15) is 4.79 Å². The second kappa shape index (κ2) is 7.72. The summed E-state index contributed by atoms with van der Waals surface area (Å²) in [5, 5.41) is 2.93. The van der Waals surface area contributed by atoms with Gasteiger partial charge in [-0.2, -0.15) is 0 Å². The van der Waals surface area contributed by atoms with Gasteiger partial charge in [0.2, 0.25) is 0 Å². The Morgan fingerprint density at radius 2 is 1.72 bits per heavy atom. The third kappa shape index (κ3) is 3.20. The summed E-state index contributed by atoms with van der Waals surface area (Å²) >= 11 is 1.59. The van der Waals surface area contributed by atoms with E-state index in [4.69, 9.17) is 19.2 Å². The second-order valence-corrected chi connectivity index (χ2v) is 8.54. The SMILES string of the molecule is COc1ccc2c(c1)/C(=C\c1c(-c3cc(OC)ccc3OC)nc3sc(C)cn13)C(=O)N2. The van der Waals surface area contributed by atoms with Crippen LogP contribution < -0.4 is 19.5 Å². The Morgan fingerprint density at radius 3 is 2.44 bits per heavy atom. The predicted octanol–water partition coefficient (Wildman–Crippen LogP) is 4.89. The molecule has 8 heteroatoms. The highest BCUT2D eigenvalue weighted by Crippen LogP contribution is 2.40. The minimum Gasteiger partial charge on any atom is -0.497 e. The van der Waals surface area contributed by atoms with Crippen molar-refractivity contribution in [2.24, 2.45) is 0 Å². The van der Waals surface area contributed by atoms with Crippen LogP contribution in [-0.4, -0.2) is 36.6 Å². The molecule has 4 aromatic rings. The highest BCUT2D eigenvalue weighted by Gasteiger charge is 2.27. The standard InChI is InChI=1S/C24H21N3O4S/c1-13-12-27-20(11-17-16-9-14(29-2)5-7-19(16)25-23(17)28)22(26-24(27)32-13)18-10-15(30-3)6-8-21(18)31-4/h5-12H,1-4H3,(H,25,28)/b17-11+. The van der Waals surface area contributed by atoms with E-state index in [0.717, 1.165) is 32.3 Å². The molecule has 0 bridgehead atoms. The first kappa shape index (κ1) is 20.1. The molecule has 0 fully saturated rings. The van der Waals surface area contributed by atoms with E-state index in [1.54, 1.807) is 32.7 Å². The van der Waals surface area contributed by atoms with Crippen molar-refractivity contribution in [3.05, 3.63) is 58.7 Å². The number of imidazole rings is 1. The van der Waals surface area contributed by atoms with Crippen molar-refractivity contribution >= 4 is 39.5 Å². The maximum atomic E-state index is 12.9. The van der Waals surface area contributed by atoms with Crippen LogP contribution in [0.5, 0.6) is 17.2 Å². The summed E-state index contributed by atoms with van der Waals surface area (Å²) < 4.78 is 18.4. The van der Waals surface area contributed by atoms with Crippen LogP contribution in [0, 0.1) is 6.92 Å². The fourth-order valence-corrected chi connectivity index (χ4v) is 4.71. The number of benzene rings is 2. The van der Waals surface area contributed by atoms with Crippen molar-refractivity contribution < 1.29 is 19.0 Å². The number of amides is 1. The van der Waals surface area contributed by atoms with Crippen LogP contribution in [0.15, 0.2) is 42.6 Å². The van der Waals surface area contributed by atoms with E-state index in [0.29, 0.717) is 28.5 Å². The average Bonchev–Trinajstić information content (AvgIpc) is 3.43. The van der Waals surface area contributed by atoms with E-state index in [-0.39, 0.29) is 5.91 Å². The number of thiazole rings is 1. The summed E-state index contributed by atoms with van der Waals surface area (Å²) in [6.07, 6.45) is 3.90. The normalized spacial score (nSPS) is 14.0. The summed E-state index contributed by atoms with van der Waals surface area (Å²) in [5.41, 5.74) is 4.38. The first-order valence-electron chi connectivity index (χ1n) is 9.94. The molecule has 1 N–H and O–H groups in total. The zero-order chi connectivity index (χ0) is 22.4. The first-order chi connectivity index (χ1) is 15.5. The fraction of sp³-hybridized carbons (Fsp3) is 0.167. The summed E-state index contributed by atoms with van der Waals surface area (Å²) in [4.78, 5) is 19.7. The Bertz CT molecular complexity index is 1400. The third-order valence-corrected chi connectivity index (χ3v) is 6.33. The van der Waals surface area contributed by atoms with Gasteiger partial charge in [0.1, 0.15) is 22.9 Å². The van der Waals surface area contributed by atoms with Crippen LogP contribution in [0.3, 0.4) is 0 Å². The lowest BCUT2D eigenvalue weighted by Gasteiger charge is -2.10. The number of ether oxygens (including phenoxy) is 3. The molecular formula is C24H21N3O4S. The van der Waals surface area contributed by atoms with Crippen molar-refractivity contribution in [3.63, 3.8) is 0 Å². The summed E-state index contributed by atoms with van der Waals surface area (Å²) in [6, 6.07) is 11.1. The molecule has 0 unspecified atom stereocenters. The number of aromatic nitrogens is 2. The zero-order valence-corrected chi connectivity index (χ0v) is 18.9. The number of anilines is 1. The van der Waals surface area contributed by atoms with Crippen molar-refractivity contribution in [2.75, 3.05) is 26.6 Å². The monoisotopic (exact) mass is 447 g/mol. The van der Waals surface area contributed by atoms with E-state index in [2.05, 4.69) is 5.32 Å². The number of nitrogens with zero attached hydrogens (tertiary/aromatic N) is 2. The number of hydrogen-bond acceptors (Lipinski definition) is 6. The van der Waals surface area contributed by atoms with Crippen LogP contribution in [0.25, 0.3) is 27.9 Å². The molecule has 1 aliphatic heterocycles. The van der Waals surface area contributed by atoms with Crippen LogP contribution >= 0.6 is 11.3 Å². The van der Waals surface area contributed by atoms with Gasteiger partial charge in [0, 0.05) is 27.9 Å². The van der Waals surface area contributed by atoms with Crippen molar-refractivity contribution in [1.82, 2.24) is 9.38 Å². The first-order valence-corrected chi connectivity index (χ1v) is 10.8. The summed E-state index contributed by atoms with van der Waals surface area (Å²) in [7, 11) is 4.85. The number of carbonyl (C=O) groups excluding carboxylic acids is 1. The van der Waals surface area contributed by atoms with Gasteiger partial charge in [0.25, 0.3) is 5.91 Å². The molecule has 0 spiro atoms. The van der Waals surface area contributed by atoms with Gasteiger partial charge in [0.05, 0.1) is 32.6 Å². The van der Waals surface area contributed by atoms with Gasteiger partial charge in [-0.3, -0.25) is 9.20 Å². The van der Waals surface area contributed by atoms with E-state index in [1.165, 1.54) is 0 Å². The van der Waals surface area contributed by atoms with Crippen LogP contribution in [0.2, 0.25) is 0 Å². The van der Waals surface area contributed by atoms with Gasteiger partial charge < -0.3 is 19.5 Å². The minimum atomic E-state index is -0.168. The molecule has 1 amide bonds. The Balaban J connectivity index is 1.77. The molecule has 3 heterocycles. The Labute approximate surface area is 188 Å². The van der Waals surface area contributed by atoms with Gasteiger partial charge >= 0.3 is 0 Å². The van der Waals surface area contributed by atoms with Gasteiger partial charge in [-0.05, 0) is 49.4 Å². The molecule has 5 rings (SSSR count). The van der Waals surface area contributed by atoms with Gasteiger partial charge in [0.15, 0.2) is 4.96 Å². The van der Waals surface area contributed by atoms with Crippen molar-refractivity contribution in [2.45, 2.75) is 6.92 Å². The van der Waals surface area contributed by atoms with Crippen molar-refractivity contribution in [1.29, 1.82) is 0 Å². The molecule has 7 nitrogen and oxygen atoms in total. The maximum Gasteiger partial charge on any atom is 0.256 e. The zero-order valence-electron chi connectivity index (χ0n) is 18.1. The number of hydrogen-bond donors (Lipinski definition) is 1. The predicted molar refractivity (Wildman–Crippen MR) is 126 cm³/mol. The number of methoxy groups -OCH3 is 3. The fourth-order valence-electron chi connectivity index (χ4n) is 3.88. The lowest BCUT2D eigenvalue weighted by Crippen LogP contribution is -2.04. The summed E-state index contributed by atoms with van der Waals surface area (Å²) in [5.74, 6) is 1.89. The molecule has 0 saturated carbocycles. The van der Waals surface area contributed by atoms with E-state index < -0.39 is 0 Å². The van der Waals surface area contributed by atoms with Gasteiger partial charge in [-0.15, -0.1) is 11.3 Å². The van der Waals surface area contributed by atoms with Crippen LogP contribution in [0.4, 0.5) is 5.69 Å². The Kier molecular flexibility index (Phi) is 4.86. The van der Waals surface area contributed by atoms with E-state index in [1.807, 2.05) is 60.0 Å². The molecule has 162 valence electrons. The number of carbonyl (C=O) groups is 1. The average molecular weight is 448 g/mol. The smallest absolute Gasteiger partial charge is 0.256 e. The number of nitrogens with one attached hydrogen (secondary N) is 1. The lowest BCUT2D eigenvalue weighted by molar-refractivity contribution is -0.110. The van der Waals surface area contributed by atoms with Crippen LogP contribution in [0.1, 0.15) is 16.1 Å². The third-order valence-electron chi connectivity index (χ3n) is 5.43. The topological polar surface area (TPSA) is 74.1 Å². The molecular weight excluding hydrogens is 426 g/mol. The molecule has 0 atom stereocenters. The van der Waals surface area contributed by atoms with E-state index >= 15 is 0 Å². The largest absolute Gasteiger partial charge is 0.497 e. The molecule has 32 heavy (non-hydrogen) atoms. The molecule has 0 saturated heterocycles. The van der Waals surface area contributed by atoms with Crippen molar-refractivity contribution in [3.8, 4) is 28.5 Å². The number of aryl methyl sites for hydroxylation is 1. The summed E-state index contributed by atoms with van der Waals surface area (Å²) in [6.45, 7) is 2.03. The molecule has 0 aliphatic carbocycles. The lowest BCUT2D eigenvalue weighted by atomic mass is 10.0. The van der Waals surface area contributed by atoms with Gasteiger partial charge in [-0.1, -0.05) is 0 Å². The highest BCUT2D eigenvalue weighted by atomic mass is 32.1. The molecule has 0 radical (unpaired) electrons. The maximum absolute atomic E-state index is 12.9. The number of rotatable bonds is 5. The Morgan fingerprint density at radius 1 is 1.00 bits per heavy atom. The minimum absolute atomic E-state index is 0.168. The second-order valence-electron chi connectivity index (χ2n) is 7.33. The van der Waals surface area contributed by atoms with Crippen LogP contribution in [-0.2, 0) is 4.79 Å². The molecule has 1 aliphatic rings. The molecule has 2 aromatic carbocycles. The quantitative estimate of drug-likeness (QED) is 0.441. The highest BCUT2D eigenvalue weighted by molar-refractivity contribution is 7.17. The van der Waals surface area contributed by atoms with Gasteiger partial charge in [-0.25, -0.2) is 4.98 Å².